The fourth-order valence-electron chi connectivity index (χ4n) is 1.22. The molecule has 1 atom stereocenters. The summed E-state index contributed by atoms with van der Waals surface area (Å²) >= 11 is 0. The van der Waals surface area contributed by atoms with Gasteiger partial charge in [-0.15, -0.1) is 0 Å². The van der Waals surface area contributed by atoms with Gasteiger partial charge in [-0.05, 0) is 25.8 Å². The van der Waals surface area contributed by atoms with E-state index >= 15 is 0 Å². The SMILES string of the molecule is CCc1cc(C(=O)NC(C)CCO)n[nH]1. The minimum Gasteiger partial charge on any atom is -0.396 e. The third-order valence-electron chi connectivity index (χ3n) is 2.18. The standard InChI is InChI=1S/C10H17N3O2/c1-3-8-6-9(13-12-8)10(15)11-7(2)4-5-14/h6-7,14H,3-5H2,1-2H3,(H,11,15)(H,12,13). The van der Waals surface area contributed by atoms with Gasteiger partial charge in [-0.3, -0.25) is 9.89 Å². The van der Waals surface area contributed by atoms with E-state index in [2.05, 4.69) is 15.5 Å². The summed E-state index contributed by atoms with van der Waals surface area (Å²) < 4.78 is 0. The third-order valence-corrected chi connectivity index (χ3v) is 2.18. The highest BCUT2D eigenvalue weighted by Crippen LogP contribution is 2.01. The maximum absolute atomic E-state index is 11.6. The van der Waals surface area contributed by atoms with Crippen LogP contribution >= 0.6 is 0 Å². The van der Waals surface area contributed by atoms with Crippen LogP contribution in [0, 0.1) is 0 Å². The van der Waals surface area contributed by atoms with Crippen LogP contribution in [0.2, 0.25) is 0 Å². The number of aliphatic hydroxyl groups excluding tert-OH is 1. The van der Waals surface area contributed by atoms with Gasteiger partial charge in [0.1, 0.15) is 5.69 Å². The van der Waals surface area contributed by atoms with Gasteiger partial charge in [0.25, 0.3) is 5.91 Å². The van der Waals surface area contributed by atoms with Crippen LogP contribution in [-0.2, 0) is 6.42 Å². The Hall–Kier alpha value is -1.36. The number of carbonyl (C=O) groups excluding carboxylic acids is 1. The number of hydrogen-bond donors (Lipinski definition) is 3. The van der Waals surface area contributed by atoms with Crippen molar-refractivity contribution in [1.82, 2.24) is 15.5 Å². The molecule has 0 spiro atoms. The van der Waals surface area contributed by atoms with Crippen LogP contribution in [0.5, 0.6) is 0 Å². The van der Waals surface area contributed by atoms with Crippen LogP contribution in [-0.4, -0.2) is 33.9 Å². The van der Waals surface area contributed by atoms with Crippen LogP contribution < -0.4 is 5.32 Å². The van der Waals surface area contributed by atoms with Gasteiger partial charge in [0, 0.05) is 18.3 Å². The molecule has 0 aliphatic rings. The maximum Gasteiger partial charge on any atom is 0.271 e. The first kappa shape index (κ1) is 11.7. The van der Waals surface area contributed by atoms with Crippen molar-refractivity contribution < 1.29 is 9.90 Å². The van der Waals surface area contributed by atoms with E-state index in [1.54, 1.807) is 6.07 Å². The predicted octanol–water partition coefficient (Wildman–Crippen LogP) is 0.473. The highest BCUT2D eigenvalue weighted by atomic mass is 16.3. The molecule has 0 fully saturated rings. The zero-order chi connectivity index (χ0) is 11.3. The van der Waals surface area contributed by atoms with Crippen molar-refractivity contribution in [2.45, 2.75) is 32.7 Å². The lowest BCUT2D eigenvalue weighted by Gasteiger charge is -2.10. The Kier molecular flexibility index (Phi) is 4.30. The largest absolute Gasteiger partial charge is 0.396 e. The maximum atomic E-state index is 11.6. The van der Waals surface area contributed by atoms with E-state index in [-0.39, 0.29) is 18.6 Å². The molecule has 3 N–H and O–H groups in total. The molecule has 0 aromatic carbocycles. The van der Waals surface area contributed by atoms with E-state index < -0.39 is 0 Å². The number of carbonyl (C=O) groups is 1. The second-order valence-electron chi connectivity index (χ2n) is 3.52. The average molecular weight is 211 g/mol. The summed E-state index contributed by atoms with van der Waals surface area (Å²) in [6, 6.07) is 1.70. The summed E-state index contributed by atoms with van der Waals surface area (Å²) in [4.78, 5) is 11.6. The van der Waals surface area contributed by atoms with Crippen molar-refractivity contribution in [1.29, 1.82) is 0 Å². The Morgan fingerprint density at radius 3 is 3.00 bits per heavy atom. The Labute approximate surface area is 88.9 Å². The van der Waals surface area contributed by atoms with E-state index in [0.29, 0.717) is 12.1 Å². The quantitative estimate of drug-likeness (QED) is 0.662. The van der Waals surface area contributed by atoms with E-state index in [0.717, 1.165) is 12.1 Å². The number of H-pyrrole nitrogens is 1. The summed E-state index contributed by atoms with van der Waals surface area (Å²) in [6.07, 6.45) is 1.38. The van der Waals surface area contributed by atoms with Gasteiger partial charge < -0.3 is 10.4 Å². The molecule has 15 heavy (non-hydrogen) atoms. The molecule has 0 aliphatic heterocycles. The first-order chi connectivity index (χ1) is 7.17. The van der Waals surface area contributed by atoms with Crippen molar-refractivity contribution in [2.75, 3.05) is 6.61 Å². The summed E-state index contributed by atoms with van der Waals surface area (Å²) in [5.74, 6) is -0.202. The van der Waals surface area contributed by atoms with Crippen molar-refractivity contribution in [3.8, 4) is 0 Å². The van der Waals surface area contributed by atoms with E-state index in [1.807, 2.05) is 13.8 Å². The third kappa shape index (κ3) is 3.36. The summed E-state index contributed by atoms with van der Waals surface area (Å²) in [5, 5.41) is 18.1. The van der Waals surface area contributed by atoms with Crippen LogP contribution in [0.15, 0.2) is 6.07 Å². The fourth-order valence-corrected chi connectivity index (χ4v) is 1.22. The minimum absolute atomic E-state index is 0.0377. The molecule has 5 heteroatoms. The molecule has 0 bridgehead atoms. The monoisotopic (exact) mass is 211 g/mol. The highest BCUT2D eigenvalue weighted by Gasteiger charge is 2.12. The topological polar surface area (TPSA) is 78.0 Å². The highest BCUT2D eigenvalue weighted by molar-refractivity contribution is 5.92. The second-order valence-corrected chi connectivity index (χ2v) is 3.52. The molecule has 0 radical (unpaired) electrons. The van der Waals surface area contributed by atoms with Gasteiger partial charge >= 0.3 is 0 Å². The smallest absolute Gasteiger partial charge is 0.271 e. The number of aromatic amines is 1. The number of hydrogen-bond acceptors (Lipinski definition) is 3. The van der Waals surface area contributed by atoms with Crippen molar-refractivity contribution in [3.05, 3.63) is 17.5 Å². The summed E-state index contributed by atoms with van der Waals surface area (Å²) in [5.41, 5.74) is 1.34. The normalized spacial score (nSPS) is 12.5. The Morgan fingerprint density at radius 2 is 2.47 bits per heavy atom. The zero-order valence-corrected chi connectivity index (χ0v) is 9.08. The molecule has 0 saturated carbocycles. The van der Waals surface area contributed by atoms with Gasteiger partial charge in [0.15, 0.2) is 0 Å². The Morgan fingerprint density at radius 1 is 1.73 bits per heavy atom. The van der Waals surface area contributed by atoms with E-state index in [4.69, 9.17) is 5.11 Å². The van der Waals surface area contributed by atoms with Gasteiger partial charge in [-0.25, -0.2) is 0 Å². The van der Waals surface area contributed by atoms with Gasteiger partial charge in [-0.1, -0.05) is 6.92 Å². The molecule has 1 rings (SSSR count). The first-order valence-electron chi connectivity index (χ1n) is 5.13. The number of amides is 1. The summed E-state index contributed by atoms with van der Waals surface area (Å²) in [7, 11) is 0. The van der Waals surface area contributed by atoms with Crippen LogP contribution in [0.4, 0.5) is 0 Å². The molecule has 1 amide bonds. The lowest BCUT2D eigenvalue weighted by atomic mass is 10.2. The lowest BCUT2D eigenvalue weighted by Crippen LogP contribution is -2.33. The Bertz CT molecular complexity index is 322. The predicted molar refractivity (Wildman–Crippen MR) is 56.6 cm³/mol. The second kappa shape index (κ2) is 5.50. The summed E-state index contributed by atoms with van der Waals surface area (Å²) in [6.45, 7) is 3.91. The number of aliphatic hydroxyl groups is 1. The van der Waals surface area contributed by atoms with Crippen molar-refractivity contribution in [3.63, 3.8) is 0 Å². The van der Waals surface area contributed by atoms with Crippen molar-refractivity contribution >= 4 is 5.91 Å². The molecular weight excluding hydrogens is 194 g/mol. The number of nitrogens with one attached hydrogen (secondary N) is 2. The molecule has 84 valence electrons. The van der Waals surface area contributed by atoms with Crippen molar-refractivity contribution in [2.24, 2.45) is 0 Å². The molecule has 0 aliphatic carbocycles. The van der Waals surface area contributed by atoms with Crippen LogP contribution in [0.25, 0.3) is 0 Å². The molecular formula is C10H17N3O2. The average Bonchev–Trinajstić information content (AvgIpc) is 2.66. The number of aryl methyl sites for hydroxylation is 1. The first-order valence-corrected chi connectivity index (χ1v) is 5.13. The van der Waals surface area contributed by atoms with E-state index in [9.17, 15) is 4.79 Å². The molecule has 1 heterocycles. The molecule has 0 saturated heterocycles. The van der Waals surface area contributed by atoms with Gasteiger partial charge in [0.2, 0.25) is 0 Å². The molecule has 1 unspecified atom stereocenters. The Balaban J connectivity index is 2.53. The van der Waals surface area contributed by atoms with Crippen LogP contribution in [0.3, 0.4) is 0 Å². The van der Waals surface area contributed by atoms with E-state index in [1.165, 1.54) is 0 Å². The molecule has 1 aromatic heterocycles. The number of rotatable bonds is 5. The number of nitrogens with zero attached hydrogens (tertiary/aromatic N) is 1. The zero-order valence-electron chi connectivity index (χ0n) is 9.08. The molecule has 5 nitrogen and oxygen atoms in total. The lowest BCUT2D eigenvalue weighted by molar-refractivity contribution is 0.0929. The van der Waals surface area contributed by atoms with Gasteiger partial charge in [0.05, 0.1) is 0 Å². The minimum atomic E-state index is -0.202. The fraction of sp³-hybridized carbons (Fsp3) is 0.600. The number of aromatic nitrogens is 2. The van der Waals surface area contributed by atoms with Gasteiger partial charge in [-0.2, -0.15) is 5.10 Å². The van der Waals surface area contributed by atoms with Crippen LogP contribution in [0.1, 0.15) is 36.5 Å². The molecule has 1 aromatic rings.